The first kappa shape index (κ1) is 9.09. The largest absolute Gasteiger partial charge is 0.361 e. The third kappa shape index (κ3) is 1.37. The molecule has 0 bridgehead atoms. The normalized spacial score (nSPS) is 10.8. The third-order valence-electron chi connectivity index (χ3n) is 2.59. The minimum absolute atomic E-state index is 0.454. The molecule has 78 valence electrons. The van der Waals surface area contributed by atoms with Crippen molar-refractivity contribution in [3.05, 3.63) is 54.6 Å². The van der Waals surface area contributed by atoms with E-state index >= 15 is 0 Å². The van der Waals surface area contributed by atoms with Crippen molar-refractivity contribution in [2.75, 3.05) is 0 Å². The van der Waals surface area contributed by atoms with Crippen LogP contribution in [0.15, 0.2) is 48.7 Å². The molecule has 2 heterocycles. The van der Waals surface area contributed by atoms with E-state index in [4.69, 9.17) is 0 Å². The van der Waals surface area contributed by atoms with Gasteiger partial charge in [-0.15, -0.1) is 0 Å². The number of benzene rings is 1. The van der Waals surface area contributed by atoms with Crippen molar-refractivity contribution in [2.24, 2.45) is 0 Å². The molecule has 0 aliphatic carbocycles. The quantitative estimate of drug-likeness (QED) is 0.615. The zero-order valence-electron chi connectivity index (χ0n) is 8.44. The predicted molar refractivity (Wildman–Crippen MR) is 61.5 cm³/mol. The summed E-state index contributed by atoms with van der Waals surface area (Å²) in [5.41, 5.74) is 2.63. The molecule has 0 spiro atoms. The standard InChI is InChI=1S/C13H9FN2/c14-13-6-2-5-12(16-13)9-3-1-4-11-10(9)7-8-15-11/h1-8,15H. The number of nitrogens with zero attached hydrogens (tertiary/aromatic N) is 1. The van der Waals surface area contributed by atoms with E-state index in [9.17, 15) is 4.39 Å². The lowest BCUT2D eigenvalue weighted by Crippen LogP contribution is -1.87. The van der Waals surface area contributed by atoms with Gasteiger partial charge in [0, 0.05) is 22.7 Å². The van der Waals surface area contributed by atoms with Crippen molar-refractivity contribution in [1.29, 1.82) is 0 Å². The average molecular weight is 212 g/mol. The highest BCUT2D eigenvalue weighted by molar-refractivity contribution is 5.93. The molecule has 0 saturated heterocycles. The third-order valence-corrected chi connectivity index (χ3v) is 2.59. The highest BCUT2D eigenvalue weighted by Gasteiger charge is 2.05. The van der Waals surface area contributed by atoms with Gasteiger partial charge in [0.15, 0.2) is 0 Å². The molecule has 0 fully saturated rings. The van der Waals surface area contributed by atoms with E-state index in [1.165, 1.54) is 6.07 Å². The average Bonchev–Trinajstić information content (AvgIpc) is 2.76. The summed E-state index contributed by atoms with van der Waals surface area (Å²) in [6.45, 7) is 0. The summed E-state index contributed by atoms with van der Waals surface area (Å²) in [7, 11) is 0. The maximum absolute atomic E-state index is 13.1. The Morgan fingerprint density at radius 3 is 2.75 bits per heavy atom. The van der Waals surface area contributed by atoms with Crippen LogP contribution in [0.5, 0.6) is 0 Å². The van der Waals surface area contributed by atoms with Crippen LogP contribution < -0.4 is 0 Å². The van der Waals surface area contributed by atoms with Gasteiger partial charge in [0.05, 0.1) is 5.69 Å². The SMILES string of the molecule is Fc1cccc(-c2cccc3[nH]ccc23)n1. The van der Waals surface area contributed by atoms with Crippen LogP contribution in [-0.2, 0) is 0 Å². The molecule has 1 N–H and O–H groups in total. The molecule has 3 heteroatoms. The molecular weight excluding hydrogens is 203 g/mol. The fourth-order valence-electron chi connectivity index (χ4n) is 1.87. The number of aromatic amines is 1. The summed E-state index contributed by atoms with van der Waals surface area (Å²) >= 11 is 0. The van der Waals surface area contributed by atoms with Gasteiger partial charge in [-0.05, 0) is 24.3 Å². The fraction of sp³-hybridized carbons (Fsp3) is 0. The number of fused-ring (bicyclic) bond motifs is 1. The van der Waals surface area contributed by atoms with Gasteiger partial charge in [0.25, 0.3) is 0 Å². The van der Waals surface area contributed by atoms with E-state index in [1.54, 1.807) is 6.07 Å². The second-order valence-corrected chi connectivity index (χ2v) is 3.59. The Morgan fingerprint density at radius 2 is 1.88 bits per heavy atom. The Kier molecular flexibility index (Phi) is 1.96. The Hall–Kier alpha value is -2.16. The van der Waals surface area contributed by atoms with Gasteiger partial charge in [-0.3, -0.25) is 0 Å². The number of rotatable bonds is 1. The van der Waals surface area contributed by atoms with Crippen molar-refractivity contribution in [2.45, 2.75) is 0 Å². The van der Waals surface area contributed by atoms with E-state index in [1.807, 2.05) is 36.5 Å². The molecule has 2 nitrogen and oxygen atoms in total. The number of aromatic nitrogens is 2. The van der Waals surface area contributed by atoms with E-state index in [0.717, 1.165) is 16.5 Å². The molecule has 0 atom stereocenters. The van der Waals surface area contributed by atoms with E-state index < -0.39 is 5.95 Å². The van der Waals surface area contributed by atoms with Crippen LogP contribution in [0.3, 0.4) is 0 Å². The van der Waals surface area contributed by atoms with Gasteiger partial charge in [-0.2, -0.15) is 4.39 Å². The molecule has 1 aromatic carbocycles. The first-order valence-electron chi connectivity index (χ1n) is 5.03. The molecule has 0 aliphatic rings. The number of H-pyrrole nitrogens is 1. The van der Waals surface area contributed by atoms with E-state index in [-0.39, 0.29) is 0 Å². The number of pyridine rings is 1. The van der Waals surface area contributed by atoms with Crippen molar-refractivity contribution in [3.63, 3.8) is 0 Å². The number of halogens is 1. The first-order valence-corrected chi connectivity index (χ1v) is 5.03. The van der Waals surface area contributed by atoms with Gasteiger partial charge in [0.2, 0.25) is 5.95 Å². The van der Waals surface area contributed by atoms with E-state index in [2.05, 4.69) is 9.97 Å². The van der Waals surface area contributed by atoms with Crippen LogP contribution in [0.1, 0.15) is 0 Å². The zero-order valence-corrected chi connectivity index (χ0v) is 8.44. The minimum atomic E-state index is -0.454. The molecule has 3 aromatic rings. The van der Waals surface area contributed by atoms with Crippen LogP contribution in [0.2, 0.25) is 0 Å². The first-order chi connectivity index (χ1) is 7.84. The highest BCUT2D eigenvalue weighted by Crippen LogP contribution is 2.26. The lowest BCUT2D eigenvalue weighted by atomic mass is 10.1. The van der Waals surface area contributed by atoms with Crippen LogP contribution in [0.4, 0.5) is 4.39 Å². The Morgan fingerprint density at radius 1 is 1.00 bits per heavy atom. The van der Waals surface area contributed by atoms with Gasteiger partial charge >= 0.3 is 0 Å². The highest BCUT2D eigenvalue weighted by atomic mass is 19.1. The number of nitrogens with one attached hydrogen (secondary N) is 1. The molecular formula is C13H9FN2. The van der Waals surface area contributed by atoms with Gasteiger partial charge in [-0.25, -0.2) is 4.98 Å². The number of hydrogen-bond acceptors (Lipinski definition) is 1. The fourth-order valence-corrected chi connectivity index (χ4v) is 1.87. The zero-order chi connectivity index (χ0) is 11.0. The molecule has 0 amide bonds. The molecule has 0 saturated carbocycles. The van der Waals surface area contributed by atoms with Crippen LogP contribution in [0, 0.1) is 5.95 Å². The second kappa shape index (κ2) is 3.45. The summed E-state index contributed by atoms with van der Waals surface area (Å²) in [5.74, 6) is -0.454. The summed E-state index contributed by atoms with van der Waals surface area (Å²) in [4.78, 5) is 7.02. The summed E-state index contributed by atoms with van der Waals surface area (Å²) in [6.07, 6.45) is 1.87. The lowest BCUT2D eigenvalue weighted by Gasteiger charge is -2.02. The van der Waals surface area contributed by atoms with Gasteiger partial charge < -0.3 is 4.98 Å². The van der Waals surface area contributed by atoms with Crippen LogP contribution >= 0.6 is 0 Å². The lowest BCUT2D eigenvalue weighted by molar-refractivity contribution is 0.585. The topological polar surface area (TPSA) is 28.7 Å². The molecule has 0 radical (unpaired) electrons. The summed E-state index contributed by atoms with van der Waals surface area (Å²) in [6, 6.07) is 12.7. The van der Waals surface area contributed by atoms with Crippen molar-refractivity contribution in [1.82, 2.24) is 9.97 Å². The minimum Gasteiger partial charge on any atom is -0.361 e. The van der Waals surface area contributed by atoms with Crippen LogP contribution in [-0.4, -0.2) is 9.97 Å². The van der Waals surface area contributed by atoms with Gasteiger partial charge in [-0.1, -0.05) is 18.2 Å². The smallest absolute Gasteiger partial charge is 0.213 e. The van der Waals surface area contributed by atoms with E-state index in [0.29, 0.717) is 5.69 Å². The summed E-state index contributed by atoms with van der Waals surface area (Å²) < 4.78 is 13.1. The maximum Gasteiger partial charge on any atom is 0.213 e. The van der Waals surface area contributed by atoms with Crippen LogP contribution in [0.25, 0.3) is 22.2 Å². The van der Waals surface area contributed by atoms with Gasteiger partial charge in [0.1, 0.15) is 0 Å². The number of hydrogen-bond donors (Lipinski definition) is 1. The molecule has 16 heavy (non-hydrogen) atoms. The molecule has 0 unspecified atom stereocenters. The Labute approximate surface area is 91.8 Å². The molecule has 2 aromatic heterocycles. The monoisotopic (exact) mass is 212 g/mol. The summed E-state index contributed by atoms with van der Waals surface area (Å²) in [5, 5.41) is 1.06. The van der Waals surface area contributed by atoms with Crippen molar-refractivity contribution >= 4 is 10.9 Å². The Balaban J connectivity index is 2.29. The predicted octanol–water partition coefficient (Wildman–Crippen LogP) is 3.37. The van der Waals surface area contributed by atoms with Crippen molar-refractivity contribution in [3.8, 4) is 11.3 Å². The Bertz CT molecular complexity index is 643. The maximum atomic E-state index is 13.1. The van der Waals surface area contributed by atoms with Crippen molar-refractivity contribution < 1.29 is 4.39 Å². The molecule has 3 rings (SSSR count). The molecule has 0 aliphatic heterocycles. The second-order valence-electron chi connectivity index (χ2n) is 3.59.